The Hall–Kier alpha value is -1.91. The molecule has 0 aromatic heterocycles. The highest BCUT2D eigenvalue weighted by molar-refractivity contribution is 5.68. The van der Waals surface area contributed by atoms with Gasteiger partial charge in [-0.25, -0.2) is 0 Å². The van der Waals surface area contributed by atoms with E-state index >= 15 is 0 Å². The predicted molar refractivity (Wildman–Crippen MR) is 140 cm³/mol. The van der Waals surface area contributed by atoms with E-state index in [1.54, 1.807) is 12.2 Å². The summed E-state index contributed by atoms with van der Waals surface area (Å²) >= 11 is 0. The van der Waals surface area contributed by atoms with Gasteiger partial charge in [0.15, 0.2) is 0 Å². The first-order chi connectivity index (χ1) is 16.1. The second-order valence-electron chi connectivity index (χ2n) is 8.38. The van der Waals surface area contributed by atoms with E-state index in [2.05, 4.69) is 48.1 Å². The number of allylic oxidation sites excluding steroid dienone is 7. The van der Waals surface area contributed by atoms with Crippen molar-refractivity contribution in [2.24, 2.45) is 0 Å². The standard InChI is InChI=1S/C29H48O4/c1-3-22-27(30)24-21-25-28(31)23-19-17-15-13-11-9-7-5-4-6-8-10-12-14-16-18-20-26-29(32)33-2/h4,6-7,9,13,15,19,21,23,25,27-28,30-31H,3,5,8,10-12,14,16-18,20,22,24,26H2,1-2H3. The zero-order valence-electron chi connectivity index (χ0n) is 21.0. The van der Waals surface area contributed by atoms with E-state index in [4.69, 9.17) is 0 Å². The number of methoxy groups -OCH3 is 1. The molecule has 0 aromatic carbocycles. The van der Waals surface area contributed by atoms with Crippen LogP contribution in [0, 0.1) is 0 Å². The van der Waals surface area contributed by atoms with Crippen LogP contribution in [-0.2, 0) is 9.53 Å². The molecule has 0 aliphatic carbocycles. The molecule has 0 aliphatic heterocycles. The SMILES string of the molecule is CCCC(O)CC=CC(O)C=CCC=CCC=CCC=CCCCCCCCCC(=O)OC. The number of unbranched alkanes of at least 4 members (excludes halogenated alkanes) is 6. The lowest BCUT2D eigenvalue weighted by Crippen LogP contribution is -2.04. The zero-order valence-corrected chi connectivity index (χ0v) is 21.0. The molecule has 0 fully saturated rings. The van der Waals surface area contributed by atoms with E-state index in [1.165, 1.54) is 32.8 Å². The molecule has 4 nitrogen and oxygen atoms in total. The van der Waals surface area contributed by atoms with Crippen molar-refractivity contribution in [3.8, 4) is 0 Å². The molecule has 188 valence electrons. The Labute approximate surface area is 202 Å². The molecular formula is C29H48O4. The quantitative estimate of drug-likeness (QED) is 0.108. The summed E-state index contributed by atoms with van der Waals surface area (Å²) in [6, 6.07) is 0. The van der Waals surface area contributed by atoms with Crippen LogP contribution in [0.25, 0.3) is 0 Å². The Bertz CT molecular complexity index is 586. The number of aliphatic hydroxyl groups excluding tert-OH is 2. The molecule has 0 aliphatic rings. The van der Waals surface area contributed by atoms with Crippen molar-refractivity contribution in [3.63, 3.8) is 0 Å². The molecule has 2 N–H and O–H groups in total. The molecule has 0 saturated heterocycles. The average molecular weight is 461 g/mol. The fourth-order valence-corrected chi connectivity index (χ4v) is 3.28. The van der Waals surface area contributed by atoms with Crippen molar-refractivity contribution >= 4 is 5.97 Å². The molecule has 33 heavy (non-hydrogen) atoms. The van der Waals surface area contributed by atoms with Crippen LogP contribution in [0.3, 0.4) is 0 Å². The van der Waals surface area contributed by atoms with Crippen molar-refractivity contribution < 1.29 is 19.7 Å². The molecule has 2 atom stereocenters. The maximum atomic E-state index is 11.0. The first kappa shape index (κ1) is 31.1. The second kappa shape index (κ2) is 24.7. The van der Waals surface area contributed by atoms with Crippen LogP contribution in [0.2, 0.25) is 0 Å². The highest BCUT2D eigenvalue weighted by Crippen LogP contribution is 2.09. The first-order valence-corrected chi connectivity index (χ1v) is 12.8. The van der Waals surface area contributed by atoms with Crippen molar-refractivity contribution in [2.45, 2.75) is 109 Å². The van der Waals surface area contributed by atoms with Gasteiger partial charge in [0, 0.05) is 6.42 Å². The fourth-order valence-electron chi connectivity index (χ4n) is 3.28. The minimum atomic E-state index is -0.586. The van der Waals surface area contributed by atoms with Gasteiger partial charge in [0.2, 0.25) is 0 Å². The lowest BCUT2D eigenvalue weighted by atomic mass is 10.1. The lowest BCUT2D eigenvalue weighted by molar-refractivity contribution is -0.140. The molecule has 0 radical (unpaired) electrons. The third kappa shape index (κ3) is 24.6. The highest BCUT2D eigenvalue weighted by atomic mass is 16.5. The second-order valence-corrected chi connectivity index (χ2v) is 8.38. The van der Waals surface area contributed by atoms with Crippen LogP contribution in [0.15, 0.2) is 60.8 Å². The number of hydrogen-bond donors (Lipinski definition) is 2. The summed E-state index contributed by atoms with van der Waals surface area (Å²) in [6.45, 7) is 2.05. The van der Waals surface area contributed by atoms with Gasteiger partial charge in [0.25, 0.3) is 0 Å². The van der Waals surface area contributed by atoms with Crippen molar-refractivity contribution in [1.82, 2.24) is 0 Å². The van der Waals surface area contributed by atoms with Crippen LogP contribution in [0.4, 0.5) is 0 Å². The summed E-state index contributed by atoms with van der Waals surface area (Å²) in [5.41, 5.74) is 0. The molecule has 0 amide bonds. The summed E-state index contributed by atoms with van der Waals surface area (Å²) < 4.78 is 4.64. The number of esters is 1. The summed E-state index contributed by atoms with van der Waals surface area (Å²) in [5, 5.41) is 19.5. The van der Waals surface area contributed by atoms with Gasteiger partial charge in [-0.1, -0.05) is 99.8 Å². The van der Waals surface area contributed by atoms with Crippen molar-refractivity contribution in [1.29, 1.82) is 0 Å². The van der Waals surface area contributed by atoms with E-state index in [-0.39, 0.29) is 12.1 Å². The summed E-state index contributed by atoms with van der Waals surface area (Å²) in [5.74, 6) is -0.0987. The minimum absolute atomic E-state index is 0.0987. The molecular weight excluding hydrogens is 412 g/mol. The largest absolute Gasteiger partial charge is 0.469 e. The molecule has 0 spiro atoms. The van der Waals surface area contributed by atoms with E-state index < -0.39 is 6.10 Å². The van der Waals surface area contributed by atoms with E-state index in [9.17, 15) is 15.0 Å². The Morgan fingerprint density at radius 3 is 1.94 bits per heavy atom. The number of aliphatic hydroxyl groups is 2. The fraction of sp³-hybridized carbons (Fsp3) is 0.621. The minimum Gasteiger partial charge on any atom is -0.469 e. The number of ether oxygens (including phenoxy) is 1. The zero-order chi connectivity index (χ0) is 24.4. The summed E-state index contributed by atoms with van der Waals surface area (Å²) in [7, 11) is 1.45. The van der Waals surface area contributed by atoms with Crippen LogP contribution in [0.1, 0.15) is 96.8 Å². The van der Waals surface area contributed by atoms with Gasteiger partial charge in [-0.2, -0.15) is 0 Å². The average Bonchev–Trinajstić information content (AvgIpc) is 2.80. The molecule has 4 heteroatoms. The Morgan fingerprint density at radius 1 is 0.758 bits per heavy atom. The van der Waals surface area contributed by atoms with Crippen LogP contribution in [0.5, 0.6) is 0 Å². The van der Waals surface area contributed by atoms with Gasteiger partial charge in [-0.3, -0.25) is 4.79 Å². The molecule has 0 saturated carbocycles. The third-order valence-electron chi connectivity index (χ3n) is 5.24. The molecule has 0 rings (SSSR count). The Balaban J connectivity index is 3.56. The smallest absolute Gasteiger partial charge is 0.305 e. The topological polar surface area (TPSA) is 66.8 Å². The van der Waals surface area contributed by atoms with E-state index in [1.807, 2.05) is 12.2 Å². The third-order valence-corrected chi connectivity index (χ3v) is 5.24. The number of hydrogen-bond acceptors (Lipinski definition) is 4. The maximum Gasteiger partial charge on any atom is 0.305 e. The van der Waals surface area contributed by atoms with Crippen molar-refractivity contribution in [2.75, 3.05) is 7.11 Å². The first-order valence-electron chi connectivity index (χ1n) is 12.8. The number of carbonyl (C=O) groups excluding carboxylic acids is 1. The van der Waals surface area contributed by atoms with E-state index in [0.29, 0.717) is 12.8 Å². The van der Waals surface area contributed by atoms with Gasteiger partial charge in [-0.05, 0) is 51.4 Å². The van der Waals surface area contributed by atoms with Gasteiger partial charge in [-0.15, -0.1) is 0 Å². The van der Waals surface area contributed by atoms with Crippen molar-refractivity contribution in [3.05, 3.63) is 60.8 Å². The number of carbonyl (C=O) groups is 1. The predicted octanol–water partition coefficient (Wildman–Crippen LogP) is 7.14. The molecule has 0 heterocycles. The van der Waals surface area contributed by atoms with Crippen LogP contribution >= 0.6 is 0 Å². The summed E-state index contributed by atoms with van der Waals surface area (Å²) in [6.07, 6.45) is 33.3. The van der Waals surface area contributed by atoms with Gasteiger partial charge in [0.1, 0.15) is 0 Å². The monoisotopic (exact) mass is 460 g/mol. The summed E-state index contributed by atoms with van der Waals surface area (Å²) in [4.78, 5) is 11.0. The van der Waals surface area contributed by atoms with Gasteiger partial charge < -0.3 is 14.9 Å². The molecule has 0 bridgehead atoms. The number of rotatable bonds is 21. The van der Waals surface area contributed by atoms with Crippen LogP contribution in [-0.4, -0.2) is 35.5 Å². The Kier molecular flexibility index (Phi) is 23.3. The normalized spacial score (nSPS) is 14.4. The van der Waals surface area contributed by atoms with E-state index in [0.717, 1.165) is 51.4 Å². The van der Waals surface area contributed by atoms with Gasteiger partial charge >= 0.3 is 5.97 Å². The lowest BCUT2D eigenvalue weighted by Gasteiger charge is -2.04. The van der Waals surface area contributed by atoms with Crippen LogP contribution < -0.4 is 0 Å². The highest BCUT2D eigenvalue weighted by Gasteiger charge is 1.99. The maximum absolute atomic E-state index is 11.0. The Morgan fingerprint density at radius 2 is 1.30 bits per heavy atom. The molecule has 2 unspecified atom stereocenters. The van der Waals surface area contributed by atoms with Gasteiger partial charge in [0.05, 0.1) is 19.3 Å². The molecule has 0 aromatic rings.